The SMILES string of the molecule is COc1ccc(N[C@H]([C@H](CO)OC)[C@@H](C#N)O[Si](C)(C)C(C)(C)C)cc1. The summed E-state index contributed by atoms with van der Waals surface area (Å²) < 4.78 is 16.9. The molecule has 1 aromatic carbocycles. The average Bonchev–Trinajstić information content (AvgIpc) is 2.59. The summed E-state index contributed by atoms with van der Waals surface area (Å²) in [7, 11) is 0.951. The molecule has 0 aromatic heterocycles. The second-order valence-corrected chi connectivity index (χ2v) is 12.5. The molecule has 6 nitrogen and oxygen atoms in total. The third-order valence-electron chi connectivity index (χ3n) is 4.99. The Balaban J connectivity index is 3.11. The highest BCUT2D eigenvalue weighted by Crippen LogP contribution is 2.38. The minimum Gasteiger partial charge on any atom is -0.497 e. The van der Waals surface area contributed by atoms with E-state index in [2.05, 4.69) is 45.3 Å². The molecule has 0 aliphatic heterocycles. The zero-order chi connectivity index (χ0) is 20.0. The van der Waals surface area contributed by atoms with Crippen LogP contribution < -0.4 is 10.1 Å². The number of methoxy groups -OCH3 is 2. The molecule has 26 heavy (non-hydrogen) atoms. The van der Waals surface area contributed by atoms with Crippen LogP contribution in [0.25, 0.3) is 0 Å². The van der Waals surface area contributed by atoms with Crippen molar-refractivity contribution in [2.45, 2.75) is 57.2 Å². The van der Waals surface area contributed by atoms with E-state index >= 15 is 0 Å². The quantitative estimate of drug-likeness (QED) is 0.639. The first-order chi connectivity index (χ1) is 12.1. The van der Waals surface area contributed by atoms with Crippen LogP contribution in [-0.4, -0.2) is 52.5 Å². The van der Waals surface area contributed by atoms with Gasteiger partial charge in [-0.25, -0.2) is 0 Å². The van der Waals surface area contributed by atoms with Crippen LogP contribution in [0.1, 0.15) is 20.8 Å². The van der Waals surface area contributed by atoms with Gasteiger partial charge < -0.3 is 24.3 Å². The molecule has 0 fully saturated rings. The number of aliphatic hydroxyl groups is 1. The van der Waals surface area contributed by atoms with Crippen molar-refractivity contribution in [2.75, 3.05) is 26.1 Å². The van der Waals surface area contributed by atoms with Crippen molar-refractivity contribution < 1.29 is 19.0 Å². The van der Waals surface area contributed by atoms with Gasteiger partial charge in [0.15, 0.2) is 14.4 Å². The normalized spacial score (nSPS) is 15.7. The lowest BCUT2D eigenvalue weighted by molar-refractivity contribution is 0.0131. The summed E-state index contributed by atoms with van der Waals surface area (Å²) in [6, 6.07) is 9.12. The van der Waals surface area contributed by atoms with E-state index in [9.17, 15) is 10.4 Å². The Morgan fingerprint density at radius 1 is 1.19 bits per heavy atom. The van der Waals surface area contributed by atoms with Crippen LogP contribution >= 0.6 is 0 Å². The van der Waals surface area contributed by atoms with Crippen LogP contribution in [-0.2, 0) is 9.16 Å². The van der Waals surface area contributed by atoms with Gasteiger partial charge in [0.05, 0.1) is 25.8 Å². The van der Waals surface area contributed by atoms with Crippen molar-refractivity contribution >= 4 is 14.0 Å². The molecular weight excluding hydrogens is 348 g/mol. The van der Waals surface area contributed by atoms with Crippen molar-refractivity contribution in [3.05, 3.63) is 24.3 Å². The van der Waals surface area contributed by atoms with Crippen molar-refractivity contribution in [3.63, 3.8) is 0 Å². The van der Waals surface area contributed by atoms with Gasteiger partial charge in [0.2, 0.25) is 0 Å². The summed E-state index contributed by atoms with van der Waals surface area (Å²) in [4.78, 5) is 0. The first-order valence-electron chi connectivity index (χ1n) is 8.71. The molecule has 3 atom stereocenters. The predicted octanol–water partition coefficient (Wildman–Crippen LogP) is 3.40. The van der Waals surface area contributed by atoms with Gasteiger partial charge in [-0.05, 0) is 42.4 Å². The molecule has 1 aromatic rings. The predicted molar refractivity (Wildman–Crippen MR) is 106 cm³/mol. The number of hydrogen-bond donors (Lipinski definition) is 2. The highest BCUT2D eigenvalue weighted by Gasteiger charge is 2.42. The zero-order valence-electron chi connectivity index (χ0n) is 16.9. The second-order valence-electron chi connectivity index (χ2n) is 7.78. The van der Waals surface area contributed by atoms with Gasteiger partial charge >= 0.3 is 0 Å². The molecule has 0 saturated heterocycles. The summed E-state index contributed by atoms with van der Waals surface area (Å²) in [6.07, 6.45) is -1.33. The lowest BCUT2D eigenvalue weighted by Gasteiger charge is -2.40. The minimum atomic E-state index is -2.17. The first kappa shape index (κ1) is 22.4. The number of anilines is 1. The molecule has 0 bridgehead atoms. The molecular formula is C19H32N2O4Si. The van der Waals surface area contributed by atoms with Crippen LogP contribution in [0.5, 0.6) is 5.75 Å². The number of benzene rings is 1. The van der Waals surface area contributed by atoms with Crippen molar-refractivity contribution in [1.82, 2.24) is 0 Å². The van der Waals surface area contributed by atoms with E-state index in [0.29, 0.717) is 0 Å². The summed E-state index contributed by atoms with van der Waals surface area (Å²) >= 11 is 0. The molecule has 0 amide bonds. The lowest BCUT2D eigenvalue weighted by atomic mass is 10.1. The van der Waals surface area contributed by atoms with Gasteiger partial charge in [-0.1, -0.05) is 20.8 Å². The highest BCUT2D eigenvalue weighted by molar-refractivity contribution is 6.74. The van der Waals surface area contributed by atoms with Gasteiger partial charge in [0.25, 0.3) is 0 Å². The maximum atomic E-state index is 9.78. The Labute approximate surface area is 158 Å². The average molecular weight is 381 g/mol. The maximum absolute atomic E-state index is 9.78. The van der Waals surface area contributed by atoms with Gasteiger partial charge in [0.1, 0.15) is 11.9 Å². The van der Waals surface area contributed by atoms with Crippen LogP contribution in [0.15, 0.2) is 24.3 Å². The van der Waals surface area contributed by atoms with Crippen molar-refractivity contribution in [2.24, 2.45) is 0 Å². The summed E-state index contributed by atoms with van der Waals surface area (Å²) in [5.74, 6) is 0.743. The van der Waals surface area contributed by atoms with Gasteiger partial charge in [-0.15, -0.1) is 0 Å². The van der Waals surface area contributed by atoms with E-state index in [0.717, 1.165) is 11.4 Å². The molecule has 146 valence electrons. The second kappa shape index (κ2) is 9.37. The number of nitriles is 1. The fourth-order valence-corrected chi connectivity index (χ4v) is 3.44. The van der Waals surface area contributed by atoms with E-state index in [1.165, 1.54) is 7.11 Å². The van der Waals surface area contributed by atoms with E-state index in [-0.39, 0.29) is 11.6 Å². The van der Waals surface area contributed by atoms with Crippen LogP contribution in [0.2, 0.25) is 18.1 Å². The molecule has 0 aliphatic rings. The Morgan fingerprint density at radius 2 is 1.77 bits per heavy atom. The fourth-order valence-electron chi connectivity index (χ4n) is 2.25. The monoisotopic (exact) mass is 380 g/mol. The van der Waals surface area contributed by atoms with E-state index in [4.69, 9.17) is 13.9 Å². The molecule has 1 rings (SSSR count). The summed E-state index contributed by atoms with van der Waals surface area (Å²) in [5.41, 5.74) is 0.797. The van der Waals surface area contributed by atoms with Crippen LogP contribution in [0.4, 0.5) is 5.69 Å². The topological polar surface area (TPSA) is 83.7 Å². The van der Waals surface area contributed by atoms with Crippen molar-refractivity contribution in [1.29, 1.82) is 5.26 Å². The lowest BCUT2D eigenvalue weighted by Crippen LogP contribution is -2.53. The number of nitrogens with zero attached hydrogens (tertiary/aromatic N) is 1. The van der Waals surface area contributed by atoms with Gasteiger partial charge in [0, 0.05) is 12.8 Å². The molecule has 0 aliphatic carbocycles. The zero-order valence-corrected chi connectivity index (χ0v) is 17.9. The Kier molecular flexibility index (Phi) is 8.09. The van der Waals surface area contributed by atoms with E-state index < -0.39 is 26.6 Å². The third-order valence-corrected chi connectivity index (χ3v) is 9.44. The molecule has 0 heterocycles. The largest absolute Gasteiger partial charge is 0.497 e. The summed E-state index contributed by atoms with van der Waals surface area (Å²) in [5, 5.41) is 22.8. The standard InChI is InChI=1S/C19H32N2O4Si/c1-19(2,3)26(6,7)25-16(12-20)18(17(13-22)24-5)21-14-8-10-15(23-4)11-9-14/h8-11,16-18,21-22H,13H2,1-7H3/t16-,17+,18+/m1/s1. The number of ether oxygens (including phenoxy) is 2. The van der Waals surface area contributed by atoms with Crippen LogP contribution in [0, 0.1) is 11.3 Å². The molecule has 0 radical (unpaired) electrons. The van der Waals surface area contributed by atoms with Gasteiger partial charge in [-0.2, -0.15) is 5.26 Å². The Morgan fingerprint density at radius 3 is 2.15 bits per heavy atom. The van der Waals surface area contributed by atoms with E-state index in [1.54, 1.807) is 7.11 Å². The number of aliphatic hydroxyl groups excluding tert-OH is 1. The fraction of sp³-hybridized carbons (Fsp3) is 0.632. The third kappa shape index (κ3) is 5.71. The molecule has 2 N–H and O–H groups in total. The smallest absolute Gasteiger partial charge is 0.193 e. The highest BCUT2D eigenvalue weighted by atomic mass is 28.4. The number of rotatable bonds is 9. The van der Waals surface area contributed by atoms with Crippen molar-refractivity contribution in [3.8, 4) is 11.8 Å². The molecule has 0 spiro atoms. The summed E-state index contributed by atoms with van der Waals surface area (Å²) in [6.45, 7) is 10.4. The Hall–Kier alpha value is -1.59. The first-order valence-corrected chi connectivity index (χ1v) is 11.6. The van der Waals surface area contributed by atoms with Crippen LogP contribution in [0.3, 0.4) is 0 Å². The molecule has 0 saturated carbocycles. The number of nitrogens with one attached hydrogen (secondary N) is 1. The van der Waals surface area contributed by atoms with Gasteiger partial charge in [-0.3, -0.25) is 0 Å². The number of hydrogen-bond acceptors (Lipinski definition) is 6. The minimum absolute atomic E-state index is 0.0332. The molecule has 0 unspecified atom stereocenters. The maximum Gasteiger partial charge on any atom is 0.193 e. The molecule has 7 heteroatoms. The van der Waals surface area contributed by atoms with E-state index in [1.807, 2.05) is 24.3 Å². The Bertz CT molecular complexity index is 589.